The maximum atomic E-state index is 12.3. The Morgan fingerprint density at radius 1 is 1.35 bits per heavy atom. The van der Waals surface area contributed by atoms with Gasteiger partial charge in [-0.15, -0.1) is 11.3 Å². The summed E-state index contributed by atoms with van der Waals surface area (Å²) in [6.07, 6.45) is 1.52. The molecule has 0 fully saturated rings. The maximum absolute atomic E-state index is 12.3. The van der Waals surface area contributed by atoms with Gasteiger partial charge < -0.3 is 26.6 Å². The zero-order valence-corrected chi connectivity index (χ0v) is 17.3. The van der Waals surface area contributed by atoms with Crippen LogP contribution in [0, 0.1) is 5.92 Å². The number of nitrogens with two attached hydrogens (primary N) is 1. The summed E-state index contributed by atoms with van der Waals surface area (Å²) < 4.78 is 0. The lowest BCUT2D eigenvalue weighted by atomic mass is 9.92. The van der Waals surface area contributed by atoms with E-state index in [4.69, 9.17) is 10.8 Å². The van der Waals surface area contributed by atoms with E-state index in [1.165, 1.54) is 11.3 Å². The smallest absolute Gasteiger partial charge is 0.326 e. The fourth-order valence-corrected chi connectivity index (χ4v) is 4.28. The van der Waals surface area contributed by atoms with Crippen LogP contribution in [0.4, 0.5) is 11.8 Å². The van der Waals surface area contributed by atoms with E-state index in [0.29, 0.717) is 36.3 Å². The van der Waals surface area contributed by atoms with Crippen LogP contribution in [-0.2, 0) is 22.4 Å². The normalized spacial score (nSPS) is 16.1. The Morgan fingerprint density at radius 2 is 2.13 bits per heavy atom. The number of amides is 1. The monoisotopic (exact) mass is 449 g/mol. The van der Waals surface area contributed by atoms with Crippen molar-refractivity contribution in [1.29, 1.82) is 0 Å². The number of carbonyl (C=O) groups excluding carboxylic acids is 1. The average Bonchev–Trinajstić information content (AvgIpc) is 3.18. The number of nitrogens with zero attached hydrogens (tertiary/aromatic N) is 1. The van der Waals surface area contributed by atoms with Crippen LogP contribution in [-0.4, -0.2) is 50.6 Å². The average molecular weight is 449 g/mol. The number of nitrogens with one attached hydrogen (secondary N) is 3. The predicted octanol–water partition coefficient (Wildman–Crippen LogP) is 0.678. The van der Waals surface area contributed by atoms with Crippen LogP contribution in [0.2, 0.25) is 0 Å². The van der Waals surface area contributed by atoms with E-state index >= 15 is 0 Å². The number of hydrogen-bond acceptors (Lipinski definition) is 8. The van der Waals surface area contributed by atoms with Gasteiger partial charge in [0.2, 0.25) is 5.95 Å². The van der Waals surface area contributed by atoms with Crippen LogP contribution < -0.4 is 21.9 Å². The molecule has 2 aromatic heterocycles. The van der Waals surface area contributed by atoms with Gasteiger partial charge in [0.25, 0.3) is 11.5 Å². The number of carboxylic acid groups (broad SMARTS) is 2. The molecule has 7 N–H and O–H groups in total. The standard InChI is InChI=1S/C19H23N5O6S/c20-19-23-15-12(17(28)24-19)5-9(7-21-15)1-2-11-6-10(8-31-11)16(27)22-13(18(29)30)3-4-14(25)26/h6,8-9,13H,1-5,7H2,(H,22,27)(H,25,26)(H,29,30)(H4,20,21,23,24,28)/t9?,13-/m0/s1. The summed E-state index contributed by atoms with van der Waals surface area (Å²) in [5, 5.41) is 25.0. The lowest BCUT2D eigenvalue weighted by Gasteiger charge is -2.24. The second-order valence-electron chi connectivity index (χ2n) is 7.37. The molecule has 1 aliphatic heterocycles. The molecule has 11 nitrogen and oxygen atoms in total. The fraction of sp³-hybridized carbons (Fsp3) is 0.421. The van der Waals surface area contributed by atoms with Crippen LogP contribution >= 0.6 is 11.3 Å². The second-order valence-corrected chi connectivity index (χ2v) is 8.36. The first-order valence-electron chi connectivity index (χ1n) is 9.68. The van der Waals surface area contributed by atoms with Crippen molar-refractivity contribution in [3.8, 4) is 0 Å². The number of fused-ring (bicyclic) bond motifs is 1. The molecule has 0 aliphatic carbocycles. The molecule has 0 saturated carbocycles. The Bertz CT molecular complexity index is 1050. The van der Waals surface area contributed by atoms with E-state index in [9.17, 15) is 24.3 Å². The van der Waals surface area contributed by atoms with Gasteiger partial charge in [-0.25, -0.2) is 4.79 Å². The molecule has 0 radical (unpaired) electrons. The quantitative estimate of drug-likeness (QED) is 0.320. The summed E-state index contributed by atoms with van der Waals surface area (Å²) in [5.74, 6) is -2.15. The van der Waals surface area contributed by atoms with Crippen molar-refractivity contribution in [1.82, 2.24) is 15.3 Å². The van der Waals surface area contributed by atoms with Crippen molar-refractivity contribution in [3.63, 3.8) is 0 Å². The first-order valence-corrected chi connectivity index (χ1v) is 10.6. The zero-order valence-electron chi connectivity index (χ0n) is 16.5. The van der Waals surface area contributed by atoms with E-state index in [0.717, 1.165) is 11.3 Å². The SMILES string of the molecule is Nc1nc2c(c(=O)[nH]1)CC(CCc1cc(C(=O)N[C@@H](CCC(=O)O)C(=O)O)cs1)CN2. The van der Waals surface area contributed by atoms with Gasteiger partial charge in [0.15, 0.2) is 0 Å². The maximum Gasteiger partial charge on any atom is 0.326 e. The third-order valence-electron chi connectivity index (χ3n) is 5.05. The minimum Gasteiger partial charge on any atom is -0.481 e. The molecule has 0 aromatic carbocycles. The molecule has 0 saturated heterocycles. The number of carbonyl (C=O) groups is 3. The number of nitrogen functional groups attached to an aromatic ring is 1. The van der Waals surface area contributed by atoms with Gasteiger partial charge in [0, 0.05) is 23.2 Å². The van der Waals surface area contributed by atoms with Crippen LogP contribution in [0.1, 0.15) is 40.1 Å². The number of thiophene rings is 1. The largest absolute Gasteiger partial charge is 0.481 e. The second kappa shape index (κ2) is 9.60. The molecule has 166 valence electrons. The van der Waals surface area contributed by atoms with Crippen molar-refractivity contribution >= 4 is 40.9 Å². The molecular formula is C19H23N5O6S. The highest BCUT2D eigenvalue weighted by Gasteiger charge is 2.24. The molecule has 2 atom stereocenters. The van der Waals surface area contributed by atoms with Gasteiger partial charge in [0.1, 0.15) is 11.9 Å². The van der Waals surface area contributed by atoms with E-state index < -0.39 is 23.9 Å². The minimum absolute atomic E-state index is 0.0761. The Kier molecular flexibility index (Phi) is 6.90. The summed E-state index contributed by atoms with van der Waals surface area (Å²) in [4.78, 5) is 53.9. The van der Waals surface area contributed by atoms with E-state index in [-0.39, 0.29) is 30.3 Å². The van der Waals surface area contributed by atoms with Gasteiger partial charge in [-0.05, 0) is 37.7 Å². The lowest BCUT2D eigenvalue weighted by molar-refractivity contribution is -0.140. The number of aromatic amines is 1. The Morgan fingerprint density at radius 3 is 2.84 bits per heavy atom. The molecule has 1 aliphatic rings. The van der Waals surface area contributed by atoms with E-state index in [2.05, 4.69) is 20.6 Å². The Hall–Kier alpha value is -3.41. The Labute approximate surface area is 180 Å². The molecule has 0 spiro atoms. The van der Waals surface area contributed by atoms with Crippen molar-refractivity contribution in [2.75, 3.05) is 17.6 Å². The van der Waals surface area contributed by atoms with E-state index in [1.807, 2.05) is 0 Å². The molecular weight excluding hydrogens is 426 g/mol. The summed E-state index contributed by atoms with van der Waals surface area (Å²) >= 11 is 1.39. The topological polar surface area (TPSA) is 187 Å². The Balaban J connectivity index is 1.55. The summed E-state index contributed by atoms with van der Waals surface area (Å²) in [7, 11) is 0. The third kappa shape index (κ3) is 5.81. The predicted molar refractivity (Wildman–Crippen MR) is 113 cm³/mol. The first-order chi connectivity index (χ1) is 14.7. The molecule has 3 heterocycles. The molecule has 1 amide bonds. The lowest BCUT2D eigenvalue weighted by Crippen LogP contribution is -2.41. The molecule has 2 aromatic rings. The van der Waals surface area contributed by atoms with Gasteiger partial charge >= 0.3 is 11.9 Å². The number of aromatic nitrogens is 2. The van der Waals surface area contributed by atoms with Gasteiger partial charge in [-0.3, -0.25) is 19.4 Å². The van der Waals surface area contributed by atoms with Crippen molar-refractivity contribution in [2.45, 2.75) is 38.1 Å². The number of rotatable bonds is 9. The van der Waals surface area contributed by atoms with Gasteiger partial charge in [-0.1, -0.05) is 0 Å². The van der Waals surface area contributed by atoms with Crippen LogP contribution in [0.15, 0.2) is 16.2 Å². The first kappa shape index (κ1) is 22.3. The summed E-state index contributed by atoms with van der Waals surface area (Å²) in [6.45, 7) is 0.658. The number of aliphatic carboxylic acids is 2. The third-order valence-corrected chi connectivity index (χ3v) is 6.05. The number of aryl methyl sites for hydroxylation is 1. The van der Waals surface area contributed by atoms with Crippen LogP contribution in [0.25, 0.3) is 0 Å². The highest BCUT2D eigenvalue weighted by atomic mass is 32.1. The number of carboxylic acids is 2. The fourth-order valence-electron chi connectivity index (χ4n) is 3.40. The molecule has 1 unspecified atom stereocenters. The summed E-state index contributed by atoms with van der Waals surface area (Å²) in [6, 6.07) is 0.441. The van der Waals surface area contributed by atoms with Crippen LogP contribution in [0.3, 0.4) is 0 Å². The van der Waals surface area contributed by atoms with E-state index in [1.54, 1.807) is 11.4 Å². The number of H-pyrrole nitrogens is 1. The molecule has 3 rings (SSSR count). The summed E-state index contributed by atoms with van der Waals surface area (Å²) in [5.41, 5.74) is 6.23. The van der Waals surface area contributed by atoms with Crippen LogP contribution in [0.5, 0.6) is 0 Å². The molecule has 12 heteroatoms. The zero-order chi connectivity index (χ0) is 22.5. The van der Waals surface area contributed by atoms with Crippen molar-refractivity contribution in [3.05, 3.63) is 37.8 Å². The molecule has 0 bridgehead atoms. The highest BCUT2D eigenvalue weighted by molar-refractivity contribution is 7.10. The number of hydrogen-bond donors (Lipinski definition) is 6. The van der Waals surface area contributed by atoms with Gasteiger partial charge in [0.05, 0.1) is 11.1 Å². The van der Waals surface area contributed by atoms with Gasteiger partial charge in [-0.2, -0.15) is 4.98 Å². The highest BCUT2D eigenvalue weighted by Crippen LogP contribution is 2.25. The minimum atomic E-state index is -1.28. The molecule has 31 heavy (non-hydrogen) atoms. The van der Waals surface area contributed by atoms with Crippen molar-refractivity contribution < 1.29 is 24.6 Å². The van der Waals surface area contributed by atoms with Crippen molar-refractivity contribution in [2.24, 2.45) is 5.92 Å². The number of anilines is 2.